The molecule has 1 heterocycles. The molecule has 0 bridgehead atoms. The molecule has 0 unspecified atom stereocenters. The van der Waals surface area contributed by atoms with E-state index < -0.39 is 5.97 Å². The molecule has 1 amide bonds. The third kappa shape index (κ3) is 5.68. The van der Waals surface area contributed by atoms with Crippen molar-refractivity contribution in [2.75, 3.05) is 17.7 Å². The highest BCUT2D eigenvalue weighted by Crippen LogP contribution is 2.36. The molecular weight excluding hydrogens is 440 g/mol. The highest BCUT2D eigenvalue weighted by molar-refractivity contribution is 9.10. The van der Waals surface area contributed by atoms with E-state index in [0.717, 1.165) is 27.0 Å². The number of rotatable bonds is 6. The van der Waals surface area contributed by atoms with E-state index in [2.05, 4.69) is 33.5 Å². The molecule has 7 heteroatoms. The Morgan fingerprint density at radius 3 is 2.50 bits per heavy atom. The van der Waals surface area contributed by atoms with Gasteiger partial charge in [0.25, 0.3) is 0 Å². The summed E-state index contributed by atoms with van der Waals surface area (Å²) in [6.45, 7) is 2.08. The van der Waals surface area contributed by atoms with Crippen LogP contribution < -0.4 is 10.6 Å². The number of benzene rings is 2. The molecule has 0 radical (unpaired) electrons. The lowest BCUT2D eigenvalue weighted by Crippen LogP contribution is -2.01. The van der Waals surface area contributed by atoms with Crippen LogP contribution in [-0.2, 0) is 11.2 Å². The summed E-state index contributed by atoms with van der Waals surface area (Å²) in [5, 5.41) is 16.6. The molecule has 0 spiro atoms. The number of aryl methyl sites for hydroxylation is 1. The van der Waals surface area contributed by atoms with E-state index in [4.69, 9.17) is 0 Å². The van der Waals surface area contributed by atoms with Gasteiger partial charge in [0, 0.05) is 22.6 Å². The second-order valence-electron chi connectivity index (χ2n) is 5.73. The molecule has 28 heavy (non-hydrogen) atoms. The first-order chi connectivity index (χ1) is 13.5. The molecule has 0 aliphatic heterocycles. The largest absolute Gasteiger partial charge is 0.478 e. The first-order valence-electron chi connectivity index (χ1n) is 8.57. The molecule has 0 aliphatic rings. The molecule has 0 atom stereocenters. The Hall–Kier alpha value is -2.64. The molecule has 0 aliphatic carbocycles. The van der Waals surface area contributed by atoms with Gasteiger partial charge >= 0.3 is 5.97 Å². The molecule has 1 aromatic heterocycles. The molecule has 3 rings (SSSR count). The molecule has 2 aromatic carbocycles. The highest BCUT2D eigenvalue weighted by atomic mass is 79.9. The van der Waals surface area contributed by atoms with Crippen LogP contribution in [0.3, 0.4) is 0 Å². The molecular formula is C21H21BrN2O3S. The summed E-state index contributed by atoms with van der Waals surface area (Å²) < 4.78 is 0.975. The maximum atomic E-state index is 11.3. The van der Waals surface area contributed by atoms with Crippen molar-refractivity contribution in [3.05, 3.63) is 69.5 Å². The lowest BCUT2D eigenvalue weighted by atomic mass is 10.1. The van der Waals surface area contributed by atoms with E-state index in [1.165, 1.54) is 16.9 Å². The first kappa shape index (κ1) is 21.7. The lowest BCUT2D eigenvalue weighted by molar-refractivity contribution is -0.105. The number of carbonyl (C=O) groups excluding carboxylic acids is 1. The molecule has 3 aromatic rings. The fourth-order valence-corrected chi connectivity index (χ4v) is 3.84. The number of amides is 1. The molecule has 0 saturated carbocycles. The van der Waals surface area contributed by atoms with Gasteiger partial charge in [-0.1, -0.05) is 47.1 Å². The van der Waals surface area contributed by atoms with E-state index in [1.54, 1.807) is 7.05 Å². The number of carboxylic acids is 1. The van der Waals surface area contributed by atoms with E-state index >= 15 is 0 Å². The normalized spacial score (nSPS) is 9.82. The van der Waals surface area contributed by atoms with Crippen LogP contribution in [0.5, 0.6) is 0 Å². The molecule has 0 saturated heterocycles. The average molecular weight is 461 g/mol. The number of thiophene rings is 1. The van der Waals surface area contributed by atoms with E-state index in [9.17, 15) is 14.7 Å². The molecule has 3 N–H and O–H groups in total. The Morgan fingerprint density at radius 2 is 1.93 bits per heavy atom. The van der Waals surface area contributed by atoms with E-state index in [1.807, 2.05) is 53.9 Å². The third-order valence-electron chi connectivity index (χ3n) is 3.94. The van der Waals surface area contributed by atoms with Crippen molar-refractivity contribution in [1.29, 1.82) is 0 Å². The Bertz CT molecular complexity index is 939. The van der Waals surface area contributed by atoms with Gasteiger partial charge in [0.1, 0.15) is 5.56 Å². The maximum Gasteiger partial charge on any atom is 0.339 e. The number of carbonyl (C=O) groups is 2. The second-order valence-corrected chi connectivity index (χ2v) is 7.53. The summed E-state index contributed by atoms with van der Waals surface area (Å²) in [5.41, 5.74) is 3.99. The van der Waals surface area contributed by atoms with E-state index in [-0.39, 0.29) is 0 Å². The van der Waals surface area contributed by atoms with Crippen LogP contribution in [0.15, 0.2) is 58.4 Å². The van der Waals surface area contributed by atoms with Gasteiger partial charge in [-0.3, -0.25) is 4.79 Å². The van der Waals surface area contributed by atoms with Gasteiger partial charge in [-0.25, -0.2) is 4.79 Å². The van der Waals surface area contributed by atoms with Gasteiger partial charge in [0.05, 0.1) is 10.6 Å². The van der Waals surface area contributed by atoms with Gasteiger partial charge in [-0.2, -0.15) is 0 Å². The second kappa shape index (κ2) is 10.6. The van der Waals surface area contributed by atoms with Crippen molar-refractivity contribution in [2.24, 2.45) is 0 Å². The number of hydrogen-bond acceptors (Lipinski definition) is 4. The number of halogens is 1. The van der Waals surface area contributed by atoms with Crippen molar-refractivity contribution in [2.45, 2.75) is 13.3 Å². The Kier molecular flexibility index (Phi) is 8.22. The third-order valence-corrected chi connectivity index (χ3v) is 5.50. The van der Waals surface area contributed by atoms with Crippen LogP contribution in [0, 0.1) is 0 Å². The van der Waals surface area contributed by atoms with Crippen LogP contribution >= 0.6 is 27.3 Å². The summed E-state index contributed by atoms with van der Waals surface area (Å²) in [6, 6.07) is 15.4. The van der Waals surface area contributed by atoms with E-state index in [0.29, 0.717) is 17.7 Å². The SMILES string of the molecule is CCc1cccc(NC=O)c1.CNc1csc(-c2ccc(Br)cc2)c1C(=O)O. The Balaban J connectivity index is 0.000000221. The van der Waals surface area contributed by atoms with Gasteiger partial charge < -0.3 is 15.7 Å². The van der Waals surface area contributed by atoms with Crippen molar-refractivity contribution < 1.29 is 14.7 Å². The summed E-state index contributed by atoms with van der Waals surface area (Å²) in [6.07, 6.45) is 1.68. The van der Waals surface area contributed by atoms with Crippen LogP contribution in [0.25, 0.3) is 10.4 Å². The number of nitrogens with one attached hydrogen (secondary N) is 2. The highest BCUT2D eigenvalue weighted by Gasteiger charge is 2.18. The zero-order valence-electron chi connectivity index (χ0n) is 15.5. The Labute approximate surface area is 176 Å². The predicted octanol–water partition coefficient (Wildman–Crippen LogP) is 5.73. The standard InChI is InChI=1S/C12H10BrNO2S.C9H11NO/c1-14-9-6-17-11(10(9)12(15)16)7-2-4-8(13)5-3-7;1-2-8-4-3-5-9(6-8)10-7-11/h2-6,14H,1H3,(H,15,16);3-7H,2H2,1H3,(H,10,11). The lowest BCUT2D eigenvalue weighted by Gasteiger charge is -2.03. The number of anilines is 2. The molecule has 146 valence electrons. The van der Waals surface area contributed by atoms with Crippen molar-refractivity contribution in [1.82, 2.24) is 0 Å². The summed E-state index contributed by atoms with van der Waals surface area (Å²) >= 11 is 4.79. The topological polar surface area (TPSA) is 78.4 Å². The molecule has 5 nitrogen and oxygen atoms in total. The minimum atomic E-state index is -0.909. The average Bonchev–Trinajstić information content (AvgIpc) is 3.14. The van der Waals surface area contributed by atoms with Gasteiger partial charge in [0.15, 0.2) is 0 Å². The first-order valence-corrected chi connectivity index (χ1v) is 10.2. The summed E-state index contributed by atoms with van der Waals surface area (Å²) in [7, 11) is 1.72. The molecule has 0 fully saturated rings. The van der Waals surface area contributed by atoms with Gasteiger partial charge in [-0.15, -0.1) is 11.3 Å². The number of carboxylic acid groups (broad SMARTS) is 1. The van der Waals surface area contributed by atoms with Gasteiger partial charge in [0.2, 0.25) is 6.41 Å². The fourth-order valence-electron chi connectivity index (χ4n) is 2.52. The maximum absolute atomic E-state index is 11.3. The minimum absolute atomic E-state index is 0.333. The van der Waals surface area contributed by atoms with Gasteiger partial charge in [-0.05, 0) is 41.8 Å². The number of hydrogen-bond donors (Lipinski definition) is 3. The fraction of sp³-hybridized carbons (Fsp3) is 0.143. The van der Waals surface area contributed by atoms with Crippen LogP contribution in [0.2, 0.25) is 0 Å². The van der Waals surface area contributed by atoms with Crippen LogP contribution in [0.1, 0.15) is 22.8 Å². The van der Waals surface area contributed by atoms with Crippen LogP contribution in [-0.4, -0.2) is 24.5 Å². The monoisotopic (exact) mass is 460 g/mol. The van der Waals surface area contributed by atoms with Crippen molar-refractivity contribution >= 4 is 51.0 Å². The minimum Gasteiger partial charge on any atom is -0.478 e. The zero-order valence-corrected chi connectivity index (χ0v) is 17.9. The summed E-state index contributed by atoms with van der Waals surface area (Å²) in [4.78, 5) is 22.1. The summed E-state index contributed by atoms with van der Waals surface area (Å²) in [5.74, 6) is -0.909. The van der Waals surface area contributed by atoms with Crippen LogP contribution in [0.4, 0.5) is 11.4 Å². The predicted molar refractivity (Wildman–Crippen MR) is 119 cm³/mol. The Morgan fingerprint density at radius 1 is 1.21 bits per heavy atom. The zero-order chi connectivity index (χ0) is 20.5. The van der Waals surface area contributed by atoms with Crippen molar-refractivity contribution in [3.8, 4) is 10.4 Å². The smallest absolute Gasteiger partial charge is 0.339 e. The quantitative estimate of drug-likeness (QED) is 0.410. The van der Waals surface area contributed by atoms with Crippen molar-refractivity contribution in [3.63, 3.8) is 0 Å². The number of aromatic carboxylic acids is 1.